The Labute approximate surface area is 154 Å². The second-order valence-corrected chi connectivity index (χ2v) is 7.16. The maximum Gasteiger partial charge on any atom is 0.227 e. The Hall–Kier alpha value is -2.04. The molecule has 1 aliphatic heterocycles. The van der Waals surface area contributed by atoms with Crippen molar-refractivity contribution in [3.63, 3.8) is 0 Å². The van der Waals surface area contributed by atoms with Crippen LogP contribution in [0.2, 0.25) is 5.02 Å². The third-order valence-corrected chi connectivity index (χ3v) is 4.87. The number of anilines is 1. The van der Waals surface area contributed by atoms with E-state index in [-0.39, 0.29) is 11.9 Å². The Balaban J connectivity index is 1.57. The van der Waals surface area contributed by atoms with Crippen LogP contribution in [0.4, 0.5) is 5.69 Å². The number of carbonyl (C=O) groups excluding carboxylic acids is 1. The van der Waals surface area contributed by atoms with Crippen LogP contribution in [-0.2, 0) is 17.8 Å². The van der Waals surface area contributed by atoms with Crippen molar-refractivity contribution >= 4 is 23.2 Å². The van der Waals surface area contributed by atoms with Crippen LogP contribution in [0, 0.1) is 0 Å². The molecule has 0 aromatic heterocycles. The Morgan fingerprint density at radius 2 is 1.92 bits per heavy atom. The highest BCUT2D eigenvalue weighted by atomic mass is 35.5. The quantitative estimate of drug-likeness (QED) is 0.855. The van der Waals surface area contributed by atoms with Crippen molar-refractivity contribution in [1.82, 2.24) is 9.80 Å². The van der Waals surface area contributed by atoms with Gasteiger partial charge in [0.05, 0.1) is 6.42 Å². The summed E-state index contributed by atoms with van der Waals surface area (Å²) in [5, 5.41) is 0.672. The predicted molar refractivity (Wildman–Crippen MR) is 102 cm³/mol. The minimum atomic E-state index is 0.165. The van der Waals surface area contributed by atoms with Gasteiger partial charge >= 0.3 is 0 Å². The zero-order valence-corrected chi connectivity index (χ0v) is 15.2. The molecular weight excluding hydrogens is 334 g/mol. The van der Waals surface area contributed by atoms with E-state index in [1.807, 2.05) is 47.4 Å². The molecule has 1 heterocycles. The number of benzene rings is 2. The number of hydrogen-bond donors (Lipinski definition) is 1. The normalized spacial score (nSPS) is 18.3. The van der Waals surface area contributed by atoms with Gasteiger partial charge in [-0.25, -0.2) is 0 Å². The molecule has 2 N–H and O–H groups in total. The standard InChI is InChI=1S/C20H24ClN3O/c1-15-13-23(14-17-5-3-7-19(22)11-17)8-9-24(15)20(25)12-16-4-2-6-18(21)10-16/h2-7,10-11,15H,8-9,12-14,22H2,1H3. The molecule has 5 heteroatoms. The summed E-state index contributed by atoms with van der Waals surface area (Å²) in [6, 6.07) is 15.7. The number of nitrogens with two attached hydrogens (primary N) is 1. The number of nitrogens with zero attached hydrogens (tertiary/aromatic N) is 2. The van der Waals surface area contributed by atoms with Crippen LogP contribution in [0.5, 0.6) is 0 Å². The van der Waals surface area contributed by atoms with Crippen LogP contribution in [0.3, 0.4) is 0 Å². The first-order valence-corrected chi connectivity index (χ1v) is 9.00. The van der Waals surface area contributed by atoms with Gasteiger partial charge in [-0.1, -0.05) is 35.9 Å². The van der Waals surface area contributed by atoms with E-state index < -0.39 is 0 Å². The van der Waals surface area contributed by atoms with E-state index in [1.54, 1.807) is 0 Å². The summed E-state index contributed by atoms with van der Waals surface area (Å²) >= 11 is 6.01. The van der Waals surface area contributed by atoms with Crippen molar-refractivity contribution in [2.75, 3.05) is 25.4 Å². The lowest BCUT2D eigenvalue weighted by Gasteiger charge is -2.40. The molecule has 1 fully saturated rings. The van der Waals surface area contributed by atoms with E-state index in [4.69, 9.17) is 17.3 Å². The molecule has 2 aromatic carbocycles. The van der Waals surface area contributed by atoms with E-state index in [1.165, 1.54) is 5.56 Å². The van der Waals surface area contributed by atoms with E-state index in [0.717, 1.165) is 37.4 Å². The Bertz CT molecular complexity index is 749. The lowest BCUT2D eigenvalue weighted by atomic mass is 10.1. The molecule has 4 nitrogen and oxygen atoms in total. The van der Waals surface area contributed by atoms with Gasteiger partial charge in [0.15, 0.2) is 0 Å². The predicted octanol–water partition coefficient (Wildman–Crippen LogP) is 3.20. The number of piperazine rings is 1. The van der Waals surface area contributed by atoms with Gasteiger partial charge in [0, 0.05) is 42.9 Å². The fourth-order valence-electron chi connectivity index (χ4n) is 3.42. The molecule has 0 radical (unpaired) electrons. The number of hydrogen-bond acceptors (Lipinski definition) is 3. The second-order valence-electron chi connectivity index (χ2n) is 6.72. The van der Waals surface area contributed by atoms with E-state index in [0.29, 0.717) is 11.4 Å². The van der Waals surface area contributed by atoms with Crippen LogP contribution >= 0.6 is 11.6 Å². The largest absolute Gasteiger partial charge is 0.399 e. The maximum absolute atomic E-state index is 12.6. The molecule has 0 saturated carbocycles. The first-order chi connectivity index (χ1) is 12.0. The van der Waals surface area contributed by atoms with Gasteiger partial charge in [0.2, 0.25) is 5.91 Å². The minimum Gasteiger partial charge on any atom is -0.399 e. The Kier molecular flexibility index (Phi) is 5.61. The number of halogens is 1. The van der Waals surface area contributed by atoms with Gasteiger partial charge in [0.1, 0.15) is 0 Å². The van der Waals surface area contributed by atoms with Crippen molar-refractivity contribution in [3.8, 4) is 0 Å². The first-order valence-electron chi connectivity index (χ1n) is 8.62. The van der Waals surface area contributed by atoms with Crippen LogP contribution in [0.25, 0.3) is 0 Å². The van der Waals surface area contributed by atoms with Gasteiger partial charge < -0.3 is 10.6 Å². The fraction of sp³-hybridized carbons (Fsp3) is 0.350. The third-order valence-electron chi connectivity index (χ3n) is 4.63. The molecule has 1 amide bonds. The fourth-order valence-corrected chi connectivity index (χ4v) is 3.63. The maximum atomic E-state index is 12.6. The van der Waals surface area contributed by atoms with Crippen LogP contribution < -0.4 is 5.73 Å². The average molecular weight is 358 g/mol. The molecule has 1 aliphatic rings. The molecule has 0 bridgehead atoms. The molecule has 2 aromatic rings. The second kappa shape index (κ2) is 7.89. The molecule has 3 rings (SSSR count). The molecule has 1 saturated heterocycles. The van der Waals surface area contributed by atoms with Crippen LogP contribution in [0.1, 0.15) is 18.1 Å². The number of rotatable bonds is 4. The summed E-state index contributed by atoms with van der Waals surface area (Å²) in [5.74, 6) is 0.165. The van der Waals surface area contributed by atoms with E-state index in [2.05, 4.69) is 17.9 Å². The summed E-state index contributed by atoms with van der Waals surface area (Å²) in [6.07, 6.45) is 0.403. The van der Waals surface area contributed by atoms with Crippen molar-refractivity contribution in [3.05, 3.63) is 64.7 Å². The lowest BCUT2D eigenvalue weighted by molar-refractivity contribution is -0.135. The molecule has 132 valence electrons. The molecule has 1 atom stereocenters. The van der Waals surface area contributed by atoms with Crippen molar-refractivity contribution < 1.29 is 4.79 Å². The smallest absolute Gasteiger partial charge is 0.227 e. The van der Waals surface area contributed by atoms with Crippen molar-refractivity contribution in [2.24, 2.45) is 0 Å². The average Bonchev–Trinajstić information content (AvgIpc) is 2.55. The summed E-state index contributed by atoms with van der Waals surface area (Å²) in [6.45, 7) is 5.48. The molecular formula is C20H24ClN3O. The van der Waals surface area contributed by atoms with Gasteiger partial charge in [-0.05, 0) is 42.3 Å². The lowest BCUT2D eigenvalue weighted by Crippen LogP contribution is -2.54. The Morgan fingerprint density at radius 3 is 2.64 bits per heavy atom. The van der Waals surface area contributed by atoms with Gasteiger partial charge in [-0.3, -0.25) is 9.69 Å². The van der Waals surface area contributed by atoms with E-state index >= 15 is 0 Å². The zero-order valence-electron chi connectivity index (χ0n) is 14.5. The number of nitrogen functional groups attached to an aromatic ring is 1. The van der Waals surface area contributed by atoms with Gasteiger partial charge in [0.25, 0.3) is 0 Å². The first kappa shape index (κ1) is 17.8. The third kappa shape index (κ3) is 4.74. The molecule has 25 heavy (non-hydrogen) atoms. The molecule has 0 spiro atoms. The summed E-state index contributed by atoms with van der Waals surface area (Å²) in [7, 11) is 0. The van der Waals surface area contributed by atoms with Crippen molar-refractivity contribution in [2.45, 2.75) is 25.9 Å². The minimum absolute atomic E-state index is 0.165. The topological polar surface area (TPSA) is 49.6 Å². The zero-order chi connectivity index (χ0) is 17.8. The van der Waals surface area contributed by atoms with Crippen molar-refractivity contribution in [1.29, 1.82) is 0 Å². The van der Waals surface area contributed by atoms with Gasteiger partial charge in [-0.2, -0.15) is 0 Å². The highest BCUT2D eigenvalue weighted by Gasteiger charge is 2.27. The Morgan fingerprint density at radius 1 is 1.16 bits per heavy atom. The van der Waals surface area contributed by atoms with Gasteiger partial charge in [-0.15, -0.1) is 0 Å². The number of amides is 1. The van der Waals surface area contributed by atoms with E-state index in [9.17, 15) is 4.79 Å². The highest BCUT2D eigenvalue weighted by molar-refractivity contribution is 6.30. The summed E-state index contributed by atoms with van der Waals surface area (Å²) in [5.41, 5.74) is 8.83. The SMILES string of the molecule is CC1CN(Cc2cccc(N)c2)CCN1C(=O)Cc1cccc(Cl)c1. The molecule has 0 aliphatic carbocycles. The molecule has 1 unspecified atom stereocenters. The van der Waals surface area contributed by atoms with Crippen LogP contribution in [0.15, 0.2) is 48.5 Å². The monoisotopic (exact) mass is 357 g/mol. The summed E-state index contributed by atoms with van der Waals surface area (Å²) < 4.78 is 0. The summed E-state index contributed by atoms with van der Waals surface area (Å²) in [4.78, 5) is 17.0. The number of carbonyl (C=O) groups is 1. The highest BCUT2D eigenvalue weighted by Crippen LogP contribution is 2.17. The van der Waals surface area contributed by atoms with Crippen LogP contribution in [-0.4, -0.2) is 41.4 Å².